The van der Waals surface area contributed by atoms with Crippen molar-refractivity contribution in [3.8, 4) is 0 Å². The molecule has 0 amide bonds. The van der Waals surface area contributed by atoms with Gasteiger partial charge in [0.05, 0.1) is 0 Å². The van der Waals surface area contributed by atoms with E-state index in [2.05, 4.69) is 25.6 Å². The third kappa shape index (κ3) is 4.16. The fourth-order valence-electron chi connectivity index (χ4n) is 2.86. The molecule has 1 aromatic rings. The Morgan fingerprint density at radius 2 is 1.70 bits per heavy atom. The second-order valence-electron chi connectivity index (χ2n) is 7.04. The van der Waals surface area contributed by atoms with E-state index >= 15 is 0 Å². The van der Waals surface area contributed by atoms with E-state index in [0.29, 0.717) is 0 Å². The number of ketones is 1. The van der Waals surface area contributed by atoms with Crippen LogP contribution in [0.3, 0.4) is 0 Å². The molecule has 2 N–H and O–H groups in total. The number of allylic oxidation sites excluding steroid dienone is 2. The maximum atomic E-state index is 14.2. The summed E-state index contributed by atoms with van der Waals surface area (Å²) in [4.78, 5) is 23.5. The molecule has 6 nitrogen and oxygen atoms in total. The average molecular weight is 391 g/mol. The summed E-state index contributed by atoms with van der Waals surface area (Å²) < 4.78 is 67.0. The highest BCUT2D eigenvalue weighted by Gasteiger charge is 2.47. The lowest BCUT2D eigenvalue weighted by molar-refractivity contribution is -0.141. The van der Waals surface area contributed by atoms with Crippen molar-refractivity contribution in [2.45, 2.75) is 63.5 Å². The zero-order chi connectivity index (χ0) is 20.0. The SMILES string of the molecule is CC(C)Nc1nc(NC2CC(F)(F)C2)nc(C2=C(F)C(=O)C(F)(F)CC2)n1. The minimum absolute atomic E-state index is 0.0219. The third-order valence-electron chi connectivity index (χ3n) is 4.23. The van der Waals surface area contributed by atoms with Gasteiger partial charge in [-0.15, -0.1) is 0 Å². The number of aromatic nitrogens is 3. The van der Waals surface area contributed by atoms with Crippen LogP contribution in [-0.2, 0) is 4.79 Å². The van der Waals surface area contributed by atoms with Gasteiger partial charge in [0.1, 0.15) is 0 Å². The maximum Gasteiger partial charge on any atom is 0.312 e. The summed E-state index contributed by atoms with van der Waals surface area (Å²) in [6.45, 7) is 3.57. The molecule has 0 aromatic carbocycles. The standard InChI is InChI=1S/C16H18F5N5O/c1-7(2)22-13-24-12(9-3-4-16(20,21)11(27)10(9)17)25-14(26-13)23-8-5-15(18,19)6-8/h7-8H,3-6H2,1-2H3,(H2,22,23,24,25,26). The van der Waals surface area contributed by atoms with E-state index in [0.717, 1.165) is 0 Å². The van der Waals surface area contributed by atoms with E-state index in [1.165, 1.54) is 0 Å². The lowest BCUT2D eigenvalue weighted by atomic mass is 9.88. The first-order valence-corrected chi connectivity index (χ1v) is 8.45. The van der Waals surface area contributed by atoms with Gasteiger partial charge in [0.15, 0.2) is 11.7 Å². The van der Waals surface area contributed by atoms with Gasteiger partial charge in [-0.25, -0.2) is 13.2 Å². The van der Waals surface area contributed by atoms with E-state index in [4.69, 9.17) is 0 Å². The lowest BCUT2D eigenvalue weighted by Crippen LogP contribution is -2.44. The Labute approximate surface area is 151 Å². The molecule has 1 fully saturated rings. The molecule has 0 bridgehead atoms. The molecule has 2 aliphatic carbocycles. The van der Waals surface area contributed by atoms with Gasteiger partial charge < -0.3 is 10.6 Å². The molecule has 0 saturated heterocycles. The summed E-state index contributed by atoms with van der Waals surface area (Å²) in [7, 11) is 0. The van der Waals surface area contributed by atoms with Crippen LogP contribution in [-0.4, -0.2) is 44.7 Å². The number of Topliss-reactive ketones (excluding diaryl/α,β-unsaturated/α-hetero) is 1. The highest BCUT2D eigenvalue weighted by atomic mass is 19.3. The molecule has 0 unspecified atom stereocenters. The molecule has 3 rings (SSSR count). The molecule has 0 spiro atoms. The topological polar surface area (TPSA) is 79.8 Å². The summed E-state index contributed by atoms with van der Waals surface area (Å²) in [6, 6.07) is -0.685. The second kappa shape index (κ2) is 6.68. The Kier molecular flexibility index (Phi) is 4.81. The monoisotopic (exact) mass is 391 g/mol. The Morgan fingerprint density at radius 1 is 1.07 bits per heavy atom. The second-order valence-corrected chi connectivity index (χ2v) is 7.04. The number of nitrogens with one attached hydrogen (secondary N) is 2. The first-order valence-electron chi connectivity index (χ1n) is 8.45. The van der Waals surface area contributed by atoms with Crippen molar-refractivity contribution in [1.29, 1.82) is 0 Å². The zero-order valence-electron chi connectivity index (χ0n) is 14.6. The van der Waals surface area contributed by atoms with Crippen LogP contribution in [0.5, 0.6) is 0 Å². The molecule has 148 valence electrons. The van der Waals surface area contributed by atoms with E-state index in [1.807, 2.05) is 0 Å². The number of carbonyl (C=O) groups is 1. The van der Waals surface area contributed by atoms with E-state index in [1.54, 1.807) is 13.8 Å². The van der Waals surface area contributed by atoms with E-state index in [9.17, 15) is 26.7 Å². The number of hydrogen-bond acceptors (Lipinski definition) is 6. The van der Waals surface area contributed by atoms with Gasteiger partial charge in [-0.1, -0.05) is 0 Å². The van der Waals surface area contributed by atoms with Gasteiger partial charge in [-0.2, -0.15) is 23.7 Å². The quantitative estimate of drug-likeness (QED) is 0.747. The summed E-state index contributed by atoms with van der Waals surface area (Å²) in [5.74, 6) is -10.4. The Bertz CT molecular complexity index is 787. The number of anilines is 2. The van der Waals surface area contributed by atoms with Crippen LogP contribution in [0.2, 0.25) is 0 Å². The number of carbonyl (C=O) groups excluding carboxylic acids is 1. The third-order valence-corrected chi connectivity index (χ3v) is 4.23. The molecular formula is C16H18F5N5O. The summed E-state index contributed by atoms with van der Waals surface area (Å²) in [6.07, 6.45) is -2.09. The molecule has 0 atom stereocenters. The minimum atomic E-state index is -3.77. The van der Waals surface area contributed by atoms with Gasteiger partial charge in [-0.3, -0.25) is 4.79 Å². The number of nitrogens with zero attached hydrogens (tertiary/aromatic N) is 3. The largest absolute Gasteiger partial charge is 0.352 e. The molecule has 11 heteroatoms. The van der Waals surface area contributed by atoms with Crippen LogP contribution in [0.4, 0.5) is 33.8 Å². The predicted molar refractivity (Wildman–Crippen MR) is 87.4 cm³/mol. The summed E-state index contributed by atoms with van der Waals surface area (Å²) in [5, 5.41) is 5.57. The Balaban J connectivity index is 1.93. The van der Waals surface area contributed by atoms with Crippen molar-refractivity contribution in [3.63, 3.8) is 0 Å². The van der Waals surface area contributed by atoms with Gasteiger partial charge in [-0.05, 0) is 20.3 Å². The van der Waals surface area contributed by atoms with Crippen LogP contribution in [0.1, 0.15) is 45.4 Å². The van der Waals surface area contributed by atoms with Gasteiger partial charge >= 0.3 is 5.92 Å². The van der Waals surface area contributed by atoms with E-state index < -0.39 is 55.2 Å². The number of hydrogen-bond donors (Lipinski definition) is 2. The molecule has 0 radical (unpaired) electrons. The van der Waals surface area contributed by atoms with Crippen LogP contribution >= 0.6 is 0 Å². The number of halogens is 5. The van der Waals surface area contributed by atoms with Crippen molar-refractivity contribution in [2.75, 3.05) is 10.6 Å². The summed E-state index contributed by atoms with van der Waals surface area (Å²) >= 11 is 0. The molecular weight excluding hydrogens is 373 g/mol. The van der Waals surface area contributed by atoms with Crippen molar-refractivity contribution >= 4 is 23.3 Å². The number of rotatable bonds is 5. The fraction of sp³-hybridized carbons (Fsp3) is 0.625. The Morgan fingerprint density at radius 3 is 2.30 bits per heavy atom. The van der Waals surface area contributed by atoms with Crippen molar-refractivity contribution < 1.29 is 26.7 Å². The van der Waals surface area contributed by atoms with Crippen molar-refractivity contribution in [3.05, 3.63) is 11.7 Å². The molecule has 1 aromatic heterocycles. The van der Waals surface area contributed by atoms with Gasteiger partial charge in [0.25, 0.3) is 11.7 Å². The highest BCUT2D eigenvalue weighted by Crippen LogP contribution is 2.40. The predicted octanol–water partition coefficient (Wildman–Crippen LogP) is 3.58. The molecule has 1 saturated carbocycles. The van der Waals surface area contributed by atoms with Gasteiger partial charge in [0.2, 0.25) is 11.9 Å². The molecule has 0 aliphatic heterocycles. The summed E-state index contributed by atoms with van der Waals surface area (Å²) in [5.41, 5.74) is -0.345. The lowest BCUT2D eigenvalue weighted by Gasteiger charge is -2.35. The molecule has 1 heterocycles. The zero-order valence-corrected chi connectivity index (χ0v) is 14.6. The first-order chi connectivity index (χ1) is 12.5. The molecule has 27 heavy (non-hydrogen) atoms. The van der Waals surface area contributed by atoms with Crippen LogP contribution in [0.15, 0.2) is 5.83 Å². The fourth-order valence-corrected chi connectivity index (χ4v) is 2.86. The first kappa shape index (κ1) is 19.4. The highest BCUT2D eigenvalue weighted by molar-refractivity contribution is 6.05. The number of alkyl halides is 4. The van der Waals surface area contributed by atoms with Crippen LogP contribution in [0.25, 0.3) is 5.57 Å². The average Bonchev–Trinajstić information content (AvgIpc) is 2.50. The molecule has 2 aliphatic rings. The maximum absolute atomic E-state index is 14.2. The normalized spacial score (nSPS) is 22.0. The van der Waals surface area contributed by atoms with E-state index in [-0.39, 0.29) is 29.3 Å². The van der Waals surface area contributed by atoms with Crippen LogP contribution < -0.4 is 10.6 Å². The smallest absolute Gasteiger partial charge is 0.312 e. The van der Waals surface area contributed by atoms with Gasteiger partial charge in [0, 0.05) is 36.9 Å². The van der Waals surface area contributed by atoms with Crippen molar-refractivity contribution in [2.24, 2.45) is 0 Å². The van der Waals surface area contributed by atoms with Crippen LogP contribution in [0, 0.1) is 0 Å². The minimum Gasteiger partial charge on any atom is -0.352 e. The van der Waals surface area contributed by atoms with Crippen molar-refractivity contribution in [1.82, 2.24) is 15.0 Å². The Hall–Kier alpha value is -2.33.